The first-order chi connectivity index (χ1) is 7.80. The molecule has 6 nitrogen and oxygen atoms in total. The maximum atomic E-state index is 12.2. The maximum Gasteiger partial charge on any atom is 0.494 e. The molecule has 0 radical (unpaired) electrons. The molecule has 0 bridgehead atoms. The van der Waals surface area contributed by atoms with Crippen LogP contribution in [-0.2, 0) is 6.18 Å². The fourth-order valence-corrected chi connectivity index (χ4v) is 1.14. The SMILES string of the molecule is FC(F)(F)c1[nH]c2ccccc2[nH+]1.O=[N+]([O-])[O-]. The second-order valence-corrected chi connectivity index (χ2v) is 2.89. The van der Waals surface area contributed by atoms with Gasteiger partial charge in [0.1, 0.15) is 0 Å². The molecule has 1 heterocycles. The molecule has 92 valence electrons. The molecule has 0 unspecified atom stereocenters. The molecule has 0 aliphatic rings. The smallest absolute Gasteiger partial charge is 0.356 e. The second-order valence-electron chi connectivity index (χ2n) is 2.89. The number of imidazole rings is 1. The minimum absolute atomic E-state index is 0.454. The number of fused-ring (bicyclic) bond motifs is 1. The molecule has 0 saturated heterocycles. The number of nitrogens with zero attached hydrogens (tertiary/aromatic N) is 1. The number of nitrogens with one attached hydrogen (secondary N) is 2. The number of H-pyrrole nitrogens is 2. The summed E-state index contributed by atoms with van der Waals surface area (Å²) >= 11 is 0. The summed E-state index contributed by atoms with van der Waals surface area (Å²) < 4.78 is 36.5. The van der Waals surface area contributed by atoms with E-state index >= 15 is 0 Å². The standard InChI is InChI=1S/C8H5F3N2.NO3/c9-8(10,11)7-12-5-3-1-2-4-6(5)13-7;2-1(3)4/h1-4H,(H,12,13);/q;-1/p+1. The number of halogens is 3. The summed E-state index contributed by atoms with van der Waals surface area (Å²) in [7, 11) is 0. The van der Waals surface area contributed by atoms with Gasteiger partial charge in [0.25, 0.3) is 0 Å². The minimum Gasteiger partial charge on any atom is -0.356 e. The number of benzene rings is 1. The first-order valence-electron chi connectivity index (χ1n) is 4.19. The third-order valence-electron chi connectivity index (χ3n) is 1.73. The molecule has 9 heteroatoms. The van der Waals surface area contributed by atoms with Crippen LogP contribution in [0, 0.1) is 15.3 Å². The molecular formula is C8H6F3N3O3. The molecule has 0 atom stereocenters. The largest absolute Gasteiger partial charge is 0.494 e. The highest BCUT2D eigenvalue weighted by Gasteiger charge is 2.40. The van der Waals surface area contributed by atoms with Gasteiger partial charge in [-0.05, 0) is 12.1 Å². The van der Waals surface area contributed by atoms with Crippen molar-refractivity contribution in [2.75, 3.05) is 0 Å². The van der Waals surface area contributed by atoms with Crippen LogP contribution < -0.4 is 4.98 Å². The molecule has 0 aliphatic carbocycles. The van der Waals surface area contributed by atoms with Crippen LogP contribution in [0.15, 0.2) is 24.3 Å². The van der Waals surface area contributed by atoms with E-state index in [0.717, 1.165) is 0 Å². The zero-order chi connectivity index (χ0) is 13.1. The fourth-order valence-electron chi connectivity index (χ4n) is 1.14. The average Bonchev–Trinajstić information content (AvgIpc) is 2.59. The predicted molar refractivity (Wildman–Crippen MR) is 50.2 cm³/mol. The van der Waals surface area contributed by atoms with E-state index < -0.39 is 17.1 Å². The summed E-state index contributed by atoms with van der Waals surface area (Å²) in [6, 6.07) is 6.52. The first-order valence-corrected chi connectivity index (χ1v) is 4.19. The lowest BCUT2D eigenvalue weighted by molar-refractivity contribution is -0.402. The number of para-hydroxylation sites is 2. The highest BCUT2D eigenvalue weighted by Crippen LogP contribution is 2.25. The van der Waals surface area contributed by atoms with Gasteiger partial charge >= 0.3 is 12.0 Å². The molecular weight excluding hydrogens is 243 g/mol. The molecule has 0 aliphatic heterocycles. The highest BCUT2D eigenvalue weighted by atomic mass is 19.4. The quantitative estimate of drug-likeness (QED) is 0.569. The van der Waals surface area contributed by atoms with Crippen molar-refractivity contribution < 1.29 is 23.2 Å². The van der Waals surface area contributed by atoms with E-state index in [2.05, 4.69) is 9.97 Å². The fraction of sp³-hybridized carbons (Fsp3) is 0.125. The van der Waals surface area contributed by atoms with E-state index in [1.165, 1.54) is 0 Å². The number of aromatic amines is 2. The van der Waals surface area contributed by atoms with Crippen LogP contribution in [0.2, 0.25) is 0 Å². The Kier molecular flexibility index (Phi) is 3.51. The normalized spacial score (nSPS) is 10.8. The van der Waals surface area contributed by atoms with Gasteiger partial charge < -0.3 is 15.3 Å². The van der Waals surface area contributed by atoms with Crippen LogP contribution in [0.1, 0.15) is 5.82 Å². The number of aromatic nitrogens is 2. The van der Waals surface area contributed by atoms with Crippen molar-refractivity contribution in [1.29, 1.82) is 0 Å². The third-order valence-corrected chi connectivity index (χ3v) is 1.73. The van der Waals surface area contributed by atoms with Crippen LogP contribution >= 0.6 is 0 Å². The summed E-state index contributed by atoms with van der Waals surface area (Å²) in [5, 5.41) is 14.8. The predicted octanol–water partition coefficient (Wildman–Crippen LogP) is 1.76. The third kappa shape index (κ3) is 3.63. The van der Waals surface area contributed by atoms with Crippen LogP contribution in [0.4, 0.5) is 13.2 Å². The van der Waals surface area contributed by atoms with E-state index in [0.29, 0.717) is 11.0 Å². The Labute approximate surface area is 91.8 Å². The Morgan fingerprint density at radius 2 is 1.76 bits per heavy atom. The van der Waals surface area contributed by atoms with E-state index in [9.17, 15) is 13.2 Å². The van der Waals surface area contributed by atoms with Crippen molar-refractivity contribution >= 4 is 11.0 Å². The topological polar surface area (TPSA) is 96.1 Å². The number of alkyl halides is 3. The van der Waals surface area contributed by atoms with Crippen molar-refractivity contribution in [2.45, 2.75) is 6.18 Å². The van der Waals surface area contributed by atoms with Crippen LogP contribution in [0.3, 0.4) is 0 Å². The zero-order valence-corrected chi connectivity index (χ0v) is 8.12. The van der Waals surface area contributed by atoms with Gasteiger partial charge in [-0.1, -0.05) is 12.1 Å². The molecule has 2 rings (SSSR count). The molecule has 17 heavy (non-hydrogen) atoms. The Morgan fingerprint density at radius 3 is 2.24 bits per heavy atom. The van der Waals surface area contributed by atoms with E-state index in [1.807, 2.05) is 0 Å². The van der Waals surface area contributed by atoms with Gasteiger partial charge in [0.05, 0.1) is 5.09 Å². The molecule has 1 aromatic heterocycles. The van der Waals surface area contributed by atoms with E-state index in [1.54, 1.807) is 24.3 Å². The van der Waals surface area contributed by atoms with Crippen molar-refractivity contribution in [3.63, 3.8) is 0 Å². The summed E-state index contributed by atoms with van der Waals surface area (Å²) in [6.45, 7) is 0. The molecule has 0 amide bonds. The lowest BCUT2D eigenvalue weighted by Gasteiger charge is -1.93. The second kappa shape index (κ2) is 4.68. The molecule has 1 aromatic carbocycles. The Balaban J connectivity index is 0.000000317. The zero-order valence-electron chi connectivity index (χ0n) is 8.12. The monoisotopic (exact) mass is 249 g/mol. The van der Waals surface area contributed by atoms with Crippen molar-refractivity contribution in [1.82, 2.24) is 4.98 Å². The molecule has 0 fully saturated rings. The van der Waals surface area contributed by atoms with Gasteiger partial charge in [0, 0.05) is 0 Å². The highest BCUT2D eigenvalue weighted by molar-refractivity contribution is 5.70. The number of hydrogen-bond donors (Lipinski definition) is 1. The van der Waals surface area contributed by atoms with Gasteiger partial charge in [0.2, 0.25) is 0 Å². The summed E-state index contributed by atoms with van der Waals surface area (Å²) in [5.74, 6) is -0.825. The maximum absolute atomic E-state index is 12.2. The van der Waals surface area contributed by atoms with E-state index in [-0.39, 0.29) is 0 Å². The van der Waals surface area contributed by atoms with Gasteiger partial charge in [0.15, 0.2) is 11.0 Å². The lowest BCUT2D eigenvalue weighted by atomic mass is 10.3. The van der Waals surface area contributed by atoms with E-state index in [4.69, 9.17) is 15.3 Å². The first kappa shape index (κ1) is 12.7. The van der Waals surface area contributed by atoms with Crippen molar-refractivity contribution in [3.05, 3.63) is 45.4 Å². The summed E-state index contributed by atoms with van der Waals surface area (Å²) in [6.07, 6.45) is -4.35. The van der Waals surface area contributed by atoms with Gasteiger partial charge in [-0.15, -0.1) is 0 Å². The van der Waals surface area contributed by atoms with Crippen molar-refractivity contribution in [3.8, 4) is 0 Å². The average molecular weight is 249 g/mol. The lowest BCUT2D eigenvalue weighted by Crippen LogP contribution is -2.18. The Bertz CT molecular complexity index is 486. The molecule has 2 N–H and O–H groups in total. The summed E-state index contributed by atoms with van der Waals surface area (Å²) in [5.41, 5.74) is 0.907. The Morgan fingerprint density at radius 1 is 1.24 bits per heavy atom. The Hall–Kier alpha value is -2.32. The van der Waals surface area contributed by atoms with Crippen molar-refractivity contribution in [2.24, 2.45) is 0 Å². The van der Waals surface area contributed by atoms with Crippen LogP contribution in [-0.4, -0.2) is 10.1 Å². The van der Waals surface area contributed by atoms with Crippen LogP contribution in [0.5, 0.6) is 0 Å². The molecule has 0 spiro atoms. The minimum atomic E-state index is -4.35. The molecule has 2 aromatic rings. The number of rotatable bonds is 0. The van der Waals surface area contributed by atoms with Crippen LogP contribution in [0.25, 0.3) is 11.0 Å². The number of hydrogen-bond acceptors (Lipinski definition) is 3. The van der Waals surface area contributed by atoms with Gasteiger partial charge in [-0.2, -0.15) is 13.2 Å². The summed E-state index contributed by atoms with van der Waals surface area (Å²) in [4.78, 5) is 12.8. The van der Waals surface area contributed by atoms with Gasteiger partial charge in [-0.25, -0.2) is 9.97 Å². The molecule has 0 saturated carbocycles. The van der Waals surface area contributed by atoms with Gasteiger partial charge in [-0.3, -0.25) is 0 Å².